The summed E-state index contributed by atoms with van der Waals surface area (Å²) in [7, 11) is 0.935. The molecule has 2 heterocycles. The number of aliphatic hydroxyl groups excluding tert-OH is 1. The minimum atomic E-state index is -1.16. The summed E-state index contributed by atoms with van der Waals surface area (Å²) in [6.45, 7) is 7.91. The van der Waals surface area contributed by atoms with E-state index >= 15 is 0 Å². The van der Waals surface area contributed by atoms with E-state index < -0.39 is 37.0 Å². The van der Waals surface area contributed by atoms with E-state index in [9.17, 15) is 19.5 Å². The molecule has 10 heteroatoms. The predicted molar refractivity (Wildman–Crippen MR) is 145 cm³/mol. The number of aliphatic hydroxyl groups is 1. The Hall–Kier alpha value is -3.08. The van der Waals surface area contributed by atoms with Crippen LogP contribution in [-0.4, -0.2) is 78.2 Å². The molecular formula is C28H38BN3O6. The molecule has 1 amide bonds. The number of nitrogens with one attached hydrogen (secondary N) is 1. The maximum absolute atomic E-state index is 13.4. The highest BCUT2D eigenvalue weighted by molar-refractivity contribution is 6.49. The van der Waals surface area contributed by atoms with Crippen molar-refractivity contribution >= 4 is 24.8 Å². The molecule has 3 rings (SSSR count). The normalized spacial score (nSPS) is 19.2. The third kappa shape index (κ3) is 8.21. The van der Waals surface area contributed by atoms with Crippen molar-refractivity contribution in [3.63, 3.8) is 0 Å². The van der Waals surface area contributed by atoms with Crippen LogP contribution in [0.4, 0.5) is 0 Å². The van der Waals surface area contributed by atoms with Crippen LogP contribution < -0.4 is 5.32 Å². The zero-order valence-electron chi connectivity index (χ0n) is 22.8. The number of hydrogen-bond acceptors (Lipinski definition) is 8. The second kappa shape index (κ2) is 13.6. The van der Waals surface area contributed by atoms with Crippen molar-refractivity contribution in [2.45, 2.75) is 64.5 Å². The first-order valence-electron chi connectivity index (χ1n) is 13.1. The Morgan fingerprint density at radius 1 is 1.16 bits per heavy atom. The quantitative estimate of drug-likeness (QED) is 0.457. The molecule has 38 heavy (non-hydrogen) atoms. The fourth-order valence-electron chi connectivity index (χ4n) is 4.45. The van der Waals surface area contributed by atoms with Crippen molar-refractivity contribution in [1.82, 2.24) is 15.2 Å². The molecule has 1 aliphatic heterocycles. The molecule has 0 saturated carbocycles. The Kier molecular flexibility index (Phi) is 10.6. The summed E-state index contributed by atoms with van der Waals surface area (Å²) < 4.78 is 11.6. The van der Waals surface area contributed by atoms with Gasteiger partial charge >= 0.3 is 13.1 Å². The number of pyridine rings is 1. The van der Waals surface area contributed by atoms with E-state index in [1.165, 1.54) is 6.92 Å². The zero-order chi connectivity index (χ0) is 27.8. The first kappa shape index (κ1) is 29.5. The Bertz CT molecular complexity index is 1100. The number of likely N-dealkylation sites (N-methyl/N-ethyl adjacent to an activating group) is 1. The van der Waals surface area contributed by atoms with Crippen LogP contribution in [0.1, 0.15) is 51.0 Å². The molecule has 0 aliphatic carbocycles. The van der Waals surface area contributed by atoms with Gasteiger partial charge in [0.25, 0.3) is 5.91 Å². The summed E-state index contributed by atoms with van der Waals surface area (Å²) in [6.07, 6.45) is -0.610. The molecule has 0 unspecified atom stereocenters. The van der Waals surface area contributed by atoms with Gasteiger partial charge in [0.05, 0.1) is 18.3 Å². The van der Waals surface area contributed by atoms with Gasteiger partial charge in [0.1, 0.15) is 11.7 Å². The molecule has 4 atom stereocenters. The summed E-state index contributed by atoms with van der Waals surface area (Å²) in [4.78, 5) is 45.2. The van der Waals surface area contributed by atoms with E-state index in [-0.39, 0.29) is 36.4 Å². The third-order valence-corrected chi connectivity index (χ3v) is 6.67. The molecule has 1 saturated heterocycles. The van der Waals surface area contributed by atoms with Gasteiger partial charge < -0.3 is 19.7 Å². The molecule has 0 spiro atoms. The SMILES string of the molecule is CC(C)C[C@H](CC(=O)[C@@H](NC(=O)c1cccc(-c2ccccc2)n1)[C@@H](C)O)B1OC[C@@H](C)N(C)CC(=O)O1. The van der Waals surface area contributed by atoms with Gasteiger partial charge in [-0.05, 0) is 45.4 Å². The summed E-state index contributed by atoms with van der Waals surface area (Å²) in [5, 5.41) is 13.1. The number of hydrogen-bond donors (Lipinski definition) is 2. The van der Waals surface area contributed by atoms with Crippen LogP contribution in [0.25, 0.3) is 11.3 Å². The zero-order valence-corrected chi connectivity index (χ0v) is 22.8. The van der Waals surface area contributed by atoms with Gasteiger partial charge in [0, 0.05) is 30.5 Å². The number of carbonyl (C=O) groups excluding carboxylic acids is 3. The maximum Gasteiger partial charge on any atom is 0.531 e. The van der Waals surface area contributed by atoms with Crippen LogP contribution in [0.2, 0.25) is 5.82 Å². The van der Waals surface area contributed by atoms with Gasteiger partial charge in [-0.15, -0.1) is 0 Å². The lowest BCUT2D eigenvalue weighted by molar-refractivity contribution is -0.139. The van der Waals surface area contributed by atoms with Gasteiger partial charge in [-0.3, -0.25) is 19.3 Å². The molecule has 1 fully saturated rings. The first-order valence-corrected chi connectivity index (χ1v) is 13.1. The predicted octanol–water partition coefficient (Wildman–Crippen LogP) is 2.99. The molecule has 9 nitrogen and oxygen atoms in total. The number of aromatic nitrogens is 1. The molecular weight excluding hydrogens is 485 g/mol. The van der Waals surface area contributed by atoms with Gasteiger partial charge in [-0.25, -0.2) is 4.98 Å². The van der Waals surface area contributed by atoms with E-state index in [0.717, 1.165) is 5.56 Å². The average molecular weight is 523 g/mol. The Morgan fingerprint density at radius 2 is 1.87 bits per heavy atom. The topological polar surface area (TPSA) is 118 Å². The number of rotatable bonds is 10. The second-order valence-electron chi connectivity index (χ2n) is 10.5. The van der Waals surface area contributed by atoms with Crippen molar-refractivity contribution in [2.24, 2.45) is 5.92 Å². The van der Waals surface area contributed by atoms with Crippen molar-refractivity contribution in [3.8, 4) is 11.3 Å². The van der Waals surface area contributed by atoms with Gasteiger partial charge in [0.2, 0.25) is 0 Å². The van der Waals surface area contributed by atoms with Crippen LogP contribution in [0, 0.1) is 5.92 Å². The number of ketones is 1. The lowest BCUT2D eigenvalue weighted by Gasteiger charge is -2.32. The van der Waals surface area contributed by atoms with Crippen LogP contribution in [0.5, 0.6) is 0 Å². The molecule has 2 N–H and O–H groups in total. The van der Waals surface area contributed by atoms with Gasteiger partial charge in [-0.2, -0.15) is 0 Å². The number of Topliss-reactive ketones (excluding diaryl/α,β-unsaturated/α-hetero) is 1. The Labute approximate surface area is 225 Å². The van der Waals surface area contributed by atoms with Crippen molar-refractivity contribution < 1.29 is 28.8 Å². The number of carbonyl (C=O) groups is 3. The number of amides is 1. The monoisotopic (exact) mass is 523 g/mol. The summed E-state index contributed by atoms with van der Waals surface area (Å²) in [5.74, 6) is -1.59. The third-order valence-electron chi connectivity index (χ3n) is 6.67. The summed E-state index contributed by atoms with van der Waals surface area (Å²) in [6, 6.07) is 13.4. The molecule has 1 aromatic carbocycles. The molecule has 1 aliphatic rings. The van der Waals surface area contributed by atoms with Crippen molar-refractivity contribution in [2.75, 3.05) is 20.2 Å². The smallest absolute Gasteiger partial charge is 0.508 e. The van der Waals surface area contributed by atoms with E-state index in [1.807, 2.05) is 63.1 Å². The summed E-state index contributed by atoms with van der Waals surface area (Å²) in [5.41, 5.74) is 1.62. The first-order chi connectivity index (χ1) is 18.0. The second-order valence-corrected chi connectivity index (χ2v) is 10.5. The molecule has 0 bridgehead atoms. The van der Waals surface area contributed by atoms with Crippen molar-refractivity contribution in [1.29, 1.82) is 0 Å². The summed E-state index contributed by atoms with van der Waals surface area (Å²) >= 11 is 0. The fraction of sp³-hybridized carbons (Fsp3) is 0.500. The highest BCUT2D eigenvalue weighted by Gasteiger charge is 2.40. The Morgan fingerprint density at radius 3 is 2.53 bits per heavy atom. The van der Waals surface area contributed by atoms with Crippen LogP contribution in [0.3, 0.4) is 0 Å². The average Bonchev–Trinajstić information content (AvgIpc) is 2.88. The minimum Gasteiger partial charge on any atom is -0.508 e. The van der Waals surface area contributed by atoms with E-state index in [0.29, 0.717) is 18.7 Å². The van der Waals surface area contributed by atoms with E-state index in [2.05, 4.69) is 10.3 Å². The Balaban J connectivity index is 1.75. The molecule has 2 aromatic rings. The van der Waals surface area contributed by atoms with Crippen LogP contribution in [-0.2, 0) is 18.9 Å². The highest BCUT2D eigenvalue weighted by Crippen LogP contribution is 2.29. The molecule has 0 radical (unpaired) electrons. The van der Waals surface area contributed by atoms with E-state index in [4.69, 9.17) is 9.31 Å². The van der Waals surface area contributed by atoms with E-state index in [1.54, 1.807) is 18.2 Å². The van der Waals surface area contributed by atoms with Gasteiger partial charge in [0.15, 0.2) is 5.78 Å². The van der Waals surface area contributed by atoms with Crippen LogP contribution >= 0.6 is 0 Å². The van der Waals surface area contributed by atoms with Gasteiger partial charge in [-0.1, -0.05) is 50.2 Å². The lowest BCUT2D eigenvalue weighted by atomic mass is 9.64. The minimum absolute atomic E-state index is 0.00408. The fourth-order valence-corrected chi connectivity index (χ4v) is 4.45. The number of nitrogens with zero attached hydrogens (tertiary/aromatic N) is 2. The largest absolute Gasteiger partial charge is 0.531 e. The lowest BCUT2D eigenvalue weighted by Crippen LogP contribution is -2.50. The molecule has 204 valence electrons. The number of benzene rings is 1. The highest BCUT2D eigenvalue weighted by atomic mass is 16.6. The standard InChI is InChI=1S/C28H38BN3O6/c1-18(2)14-22(29-37-17-19(3)32(5)16-26(35)38-29)15-25(34)27(20(4)33)31-28(36)24-13-9-12-23(30-24)21-10-7-6-8-11-21/h6-13,18-20,22,27,33H,14-17H2,1-5H3,(H,31,36)/t19-,20-,22-,27+/m1/s1. The van der Waals surface area contributed by atoms with Crippen molar-refractivity contribution in [3.05, 3.63) is 54.2 Å². The van der Waals surface area contributed by atoms with Crippen LogP contribution in [0.15, 0.2) is 48.5 Å². The molecule has 1 aromatic heterocycles. The maximum atomic E-state index is 13.4.